The zero-order chi connectivity index (χ0) is 14.2. The number of benzene rings is 2. The monoisotopic (exact) mass is 273 g/mol. The predicted octanol–water partition coefficient (Wildman–Crippen LogP) is 3.95. The van der Waals surface area contributed by atoms with Crippen LogP contribution in [-0.2, 0) is 6.42 Å². The van der Waals surface area contributed by atoms with Gasteiger partial charge in [-0.25, -0.2) is 0 Å². The van der Waals surface area contributed by atoms with Gasteiger partial charge in [0.1, 0.15) is 0 Å². The van der Waals surface area contributed by atoms with Crippen molar-refractivity contribution in [1.82, 2.24) is 4.57 Å². The van der Waals surface area contributed by atoms with E-state index < -0.39 is 0 Å². The molecule has 2 aromatic carbocycles. The molecule has 1 aromatic heterocycles. The average Bonchev–Trinajstić information content (AvgIpc) is 2.56. The first-order chi connectivity index (χ1) is 10.4. The number of fused-ring (bicyclic) bond motifs is 3. The number of aryl methyl sites for hydroxylation is 1. The zero-order valence-corrected chi connectivity index (χ0v) is 11.6. The molecule has 0 fully saturated rings. The fourth-order valence-electron chi connectivity index (χ4n) is 3.13. The van der Waals surface area contributed by atoms with Crippen LogP contribution in [-0.4, -0.2) is 4.57 Å². The Morgan fingerprint density at radius 1 is 0.905 bits per heavy atom. The molecule has 0 spiro atoms. The quantitative estimate of drug-likeness (QED) is 0.658. The summed E-state index contributed by atoms with van der Waals surface area (Å²) in [5, 5.41) is 1.18. The minimum atomic E-state index is 0.0749. The molecule has 1 aliphatic carbocycles. The van der Waals surface area contributed by atoms with Gasteiger partial charge in [-0.15, -0.1) is 0 Å². The molecule has 1 aliphatic rings. The number of nitrogens with zero attached hydrogens (tertiary/aromatic N) is 1. The summed E-state index contributed by atoms with van der Waals surface area (Å²) in [6.45, 7) is 0. The van der Waals surface area contributed by atoms with Gasteiger partial charge in [-0.05, 0) is 36.6 Å². The van der Waals surface area contributed by atoms with Gasteiger partial charge in [0.15, 0.2) is 0 Å². The van der Waals surface area contributed by atoms with E-state index in [9.17, 15) is 4.79 Å². The highest BCUT2D eigenvalue weighted by Gasteiger charge is 2.17. The lowest BCUT2D eigenvalue weighted by molar-refractivity contribution is 0.956. The van der Waals surface area contributed by atoms with E-state index in [-0.39, 0.29) is 5.56 Å². The molecule has 1 heterocycles. The van der Waals surface area contributed by atoms with Gasteiger partial charge in [-0.3, -0.25) is 9.36 Å². The Morgan fingerprint density at radius 3 is 2.52 bits per heavy atom. The lowest BCUT2D eigenvalue weighted by Crippen LogP contribution is -2.24. The third-order valence-electron chi connectivity index (χ3n) is 4.09. The molecule has 0 atom stereocenters. The summed E-state index contributed by atoms with van der Waals surface area (Å²) < 4.78 is 1.82. The van der Waals surface area contributed by atoms with E-state index in [1.165, 1.54) is 10.9 Å². The number of allylic oxidation sites excluding steroid dienone is 1. The predicted molar refractivity (Wildman–Crippen MR) is 86.9 cm³/mol. The number of hydrogen-bond acceptors (Lipinski definition) is 1. The number of rotatable bonds is 1. The summed E-state index contributed by atoms with van der Waals surface area (Å²) in [7, 11) is 0. The Bertz CT molecular complexity index is 904. The molecule has 0 N–H and O–H groups in total. The van der Waals surface area contributed by atoms with Gasteiger partial charge >= 0.3 is 0 Å². The molecule has 102 valence electrons. The van der Waals surface area contributed by atoms with Crippen LogP contribution < -0.4 is 5.56 Å². The molecule has 21 heavy (non-hydrogen) atoms. The second kappa shape index (κ2) is 4.74. The average molecular weight is 273 g/mol. The first-order valence-electron chi connectivity index (χ1n) is 7.25. The lowest BCUT2D eigenvalue weighted by Gasteiger charge is -2.18. The van der Waals surface area contributed by atoms with Gasteiger partial charge in [-0.1, -0.05) is 48.6 Å². The van der Waals surface area contributed by atoms with Crippen molar-refractivity contribution in [3.05, 3.63) is 82.2 Å². The largest absolute Gasteiger partial charge is 0.276 e. The van der Waals surface area contributed by atoms with E-state index in [4.69, 9.17) is 0 Å². The highest BCUT2D eigenvalue weighted by molar-refractivity contribution is 5.87. The third kappa shape index (κ3) is 1.83. The second-order valence-electron chi connectivity index (χ2n) is 5.33. The van der Waals surface area contributed by atoms with Gasteiger partial charge in [0.2, 0.25) is 0 Å². The Hall–Kier alpha value is -2.61. The summed E-state index contributed by atoms with van der Waals surface area (Å²) in [6, 6.07) is 18.0. The SMILES string of the molecule is O=c1c2c(c3ccccc3n1-c1ccccc1)CCC=C2. The van der Waals surface area contributed by atoms with Crippen LogP contribution in [0.15, 0.2) is 65.5 Å². The minimum Gasteiger partial charge on any atom is -0.276 e. The van der Waals surface area contributed by atoms with Crippen molar-refractivity contribution in [2.24, 2.45) is 0 Å². The Kier molecular flexibility index (Phi) is 2.74. The number of para-hydroxylation sites is 2. The van der Waals surface area contributed by atoms with Crippen LogP contribution in [0.4, 0.5) is 0 Å². The molecule has 4 rings (SSSR count). The van der Waals surface area contributed by atoms with Gasteiger partial charge in [0.25, 0.3) is 5.56 Å². The fraction of sp³-hybridized carbons (Fsp3) is 0.105. The van der Waals surface area contributed by atoms with Gasteiger partial charge in [0.05, 0.1) is 5.52 Å². The third-order valence-corrected chi connectivity index (χ3v) is 4.09. The standard InChI is InChI=1S/C19H15NO/c21-19-17-12-5-4-10-15(17)16-11-6-7-13-18(16)20(19)14-8-2-1-3-9-14/h1-3,5-9,11-13H,4,10H2. The first kappa shape index (κ1) is 12.2. The van der Waals surface area contributed by atoms with Crippen molar-refractivity contribution in [1.29, 1.82) is 0 Å². The molecule has 2 nitrogen and oxygen atoms in total. The van der Waals surface area contributed by atoms with Crippen LogP contribution in [0.2, 0.25) is 0 Å². The van der Waals surface area contributed by atoms with Crippen LogP contribution in [0.1, 0.15) is 17.5 Å². The fourth-order valence-corrected chi connectivity index (χ4v) is 3.13. The number of hydrogen-bond donors (Lipinski definition) is 0. The lowest BCUT2D eigenvalue weighted by atomic mass is 9.94. The van der Waals surface area contributed by atoms with E-state index in [0.717, 1.165) is 29.6 Å². The molecule has 0 saturated heterocycles. The molecule has 0 radical (unpaired) electrons. The van der Waals surface area contributed by atoms with Crippen LogP contribution in [0.5, 0.6) is 0 Å². The maximum Gasteiger partial charge on any atom is 0.263 e. The van der Waals surface area contributed by atoms with E-state index in [1.807, 2.05) is 59.2 Å². The van der Waals surface area contributed by atoms with Crippen LogP contribution in [0.3, 0.4) is 0 Å². The Labute approximate surface area is 123 Å². The van der Waals surface area contributed by atoms with Crippen molar-refractivity contribution in [3.8, 4) is 5.69 Å². The minimum absolute atomic E-state index is 0.0749. The molecular formula is C19H15NO. The summed E-state index contributed by atoms with van der Waals surface area (Å²) in [6.07, 6.45) is 6.02. The van der Waals surface area contributed by atoms with Crippen molar-refractivity contribution in [2.45, 2.75) is 12.8 Å². The first-order valence-corrected chi connectivity index (χ1v) is 7.25. The molecule has 0 bridgehead atoms. The highest BCUT2D eigenvalue weighted by atomic mass is 16.1. The van der Waals surface area contributed by atoms with Gasteiger partial charge in [-0.2, -0.15) is 0 Å². The number of aromatic nitrogens is 1. The van der Waals surface area contributed by atoms with Crippen LogP contribution in [0, 0.1) is 0 Å². The Morgan fingerprint density at radius 2 is 1.67 bits per heavy atom. The van der Waals surface area contributed by atoms with Crippen molar-refractivity contribution in [2.75, 3.05) is 0 Å². The van der Waals surface area contributed by atoms with E-state index in [1.54, 1.807) is 0 Å². The molecule has 2 heteroatoms. The zero-order valence-electron chi connectivity index (χ0n) is 11.6. The van der Waals surface area contributed by atoms with Gasteiger partial charge in [0, 0.05) is 16.6 Å². The second-order valence-corrected chi connectivity index (χ2v) is 5.33. The molecule has 0 amide bonds. The van der Waals surface area contributed by atoms with Crippen molar-refractivity contribution < 1.29 is 0 Å². The number of pyridine rings is 1. The van der Waals surface area contributed by atoms with Crippen molar-refractivity contribution in [3.63, 3.8) is 0 Å². The summed E-state index contributed by atoms with van der Waals surface area (Å²) in [5.41, 5.74) is 4.00. The summed E-state index contributed by atoms with van der Waals surface area (Å²) >= 11 is 0. The molecule has 0 saturated carbocycles. The van der Waals surface area contributed by atoms with Crippen LogP contribution >= 0.6 is 0 Å². The molecule has 3 aromatic rings. The highest BCUT2D eigenvalue weighted by Crippen LogP contribution is 2.26. The summed E-state index contributed by atoms with van der Waals surface area (Å²) in [5.74, 6) is 0. The smallest absolute Gasteiger partial charge is 0.263 e. The molecule has 0 aliphatic heterocycles. The normalized spacial score (nSPS) is 13.3. The van der Waals surface area contributed by atoms with Crippen LogP contribution in [0.25, 0.3) is 22.7 Å². The van der Waals surface area contributed by atoms with E-state index >= 15 is 0 Å². The van der Waals surface area contributed by atoms with Gasteiger partial charge < -0.3 is 0 Å². The van der Waals surface area contributed by atoms with E-state index in [0.29, 0.717) is 0 Å². The maximum atomic E-state index is 12.9. The summed E-state index contributed by atoms with van der Waals surface area (Å²) in [4.78, 5) is 12.9. The topological polar surface area (TPSA) is 22.0 Å². The maximum absolute atomic E-state index is 12.9. The Balaban J connectivity index is 2.20. The molecule has 0 unspecified atom stereocenters. The van der Waals surface area contributed by atoms with Crippen molar-refractivity contribution >= 4 is 17.0 Å². The van der Waals surface area contributed by atoms with E-state index in [2.05, 4.69) is 12.1 Å². The molecular weight excluding hydrogens is 258 g/mol.